The smallest absolute Gasteiger partial charge is 0.0537 e. The highest BCUT2D eigenvalue weighted by molar-refractivity contribution is 9.10. The van der Waals surface area contributed by atoms with Gasteiger partial charge in [0.15, 0.2) is 0 Å². The van der Waals surface area contributed by atoms with Gasteiger partial charge in [-0.05, 0) is 24.1 Å². The fourth-order valence-electron chi connectivity index (χ4n) is 1.67. The third kappa shape index (κ3) is 2.71. The Morgan fingerprint density at radius 1 is 1.50 bits per heavy atom. The molecule has 0 radical (unpaired) electrons. The Kier molecular flexibility index (Phi) is 3.41. The van der Waals surface area contributed by atoms with Gasteiger partial charge in [-0.3, -0.25) is 4.68 Å². The third-order valence-corrected chi connectivity index (χ3v) is 2.99. The van der Waals surface area contributed by atoms with E-state index in [1.54, 1.807) is 4.68 Å². The van der Waals surface area contributed by atoms with Gasteiger partial charge >= 0.3 is 0 Å². The van der Waals surface area contributed by atoms with E-state index >= 15 is 0 Å². The van der Waals surface area contributed by atoms with Crippen molar-refractivity contribution in [2.24, 2.45) is 12.8 Å². The average molecular weight is 280 g/mol. The molecule has 0 amide bonds. The molecule has 1 unspecified atom stereocenters. The van der Waals surface area contributed by atoms with E-state index in [-0.39, 0.29) is 6.04 Å². The summed E-state index contributed by atoms with van der Waals surface area (Å²) in [7, 11) is 1.90. The van der Waals surface area contributed by atoms with Gasteiger partial charge < -0.3 is 5.73 Å². The molecule has 1 aromatic carbocycles. The van der Waals surface area contributed by atoms with Gasteiger partial charge in [0.1, 0.15) is 0 Å². The predicted octanol–water partition coefficient (Wildman–Crippen LogP) is 2.43. The lowest BCUT2D eigenvalue weighted by atomic mass is 10.0. The van der Waals surface area contributed by atoms with Crippen LogP contribution in [0.25, 0.3) is 0 Å². The van der Waals surface area contributed by atoms with Crippen LogP contribution < -0.4 is 5.73 Å². The Morgan fingerprint density at radius 2 is 2.31 bits per heavy atom. The van der Waals surface area contributed by atoms with Crippen LogP contribution in [0.4, 0.5) is 0 Å². The van der Waals surface area contributed by atoms with E-state index in [0.29, 0.717) is 0 Å². The first-order valence-corrected chi connectivity index (χ1v) is 5.93. The lowest BCUT2D eigenvalue weighted by Gasteiger charge is -2.09. The summed E-state index contributed by atoms with van der Waals surface area (Å²) in [5, 5.41) is 4.12. The van der Waals surface area contributed by atoms with Crippen molar-refractivity contribution in [2.75, 3.05) is 0 Å². The van der Waals surface area contributed by atoms with Crippen molar-refractivity contribution in [3.63, 3.8) is 0 Å². The van der Waals surface area contributed by atoms with Gasteiger partial charge in [-0.25, -0.2) is 0 Å². The maximum absolute atomic E-state index is 6.12. The fourth-order valence-corrected chi connectivity index (χ4v) is 2.11. The number of aryl methyl sites for hydroxylation is 1. The minimum atomic E-state index is 0.00278. The molecule has 16 heavy (non-hydrogen) atoms. The van der Waals surface area contributed by atoms with Gasteiger partial charge in [0.25, 0.3) is 0 Å². The van der Waals surface area contributed by atoms with Crippen LogP contribution >= 0.6 is 15.9 Å². The molecule has 1 heterocycles. The highest BCUT2D eigenvalue weighted by Gasteiger charge is 2.08. The Bertz CT molecular complexity index is 479. The normalized spacial score (nSPS) is 12.7. The zero-order valence-electron chi connectivity index (χ0n) is 9.10. The molecule has 0 aliphatic rings. The van der Waals surface area contributed by atoms with Crippen molar-refractivity contribution >= 4 is 15.9 Å². The summed E-state index contributed by atoms with van der Waals surface area (Å²) in [6, 6.07) is 8.22. The molecular formula is C12H14BrN3. The number of hydrogen-bond acceptors (Lipinski definition) is 2. The van der Waals surface area contributed by atoms with Gasteiger partial charge in [-0.1, -0.05) is 28.1 Å². The van der Waals surface area contributed by atoms with Gasteiger partial charge in [-0.15, -0.1) is 0 Å². The molecule has 4 heteroatoms. The standard InChI is InChI=1S/C12H14BrN3/c1-16-8-10(7-15-16)12(14)6-9-3-2-4-11(13)5-9/h2-5,7-8,12H,6,14H2,1H3. The summed E-state index contributed by atoms with van der Waals surface area (Å²) in [4.78, 5) is 0. The summed E-state index contributed by atoms with van der Waals surface area (Å²) in [6.45, 7) is 0. The van der Waals surface area contributed by atoms with Crippen molar-refractivity contribution in [3.05, 3.63) is 52.3 Å². The molecule has 1 atom stereocenters. The molecular weight excluding hydrogens is 266 g/mol. The lowest BCUT2D eigenvalue weighted by Crippen LogP contribution is -2.12. The SMILES string of the molecule is Cn1cc(C(N)Cc2cccc(Br)c2)cn1. The number of benzene rings is 1. The van der Waals surface area contributed by atoms with Crippen molar-refractivity contribution in [1.82, 2.24) is 9.78 Å². The van der Waals surface area contributed by atoms with Crippen molar-refractivity contribution in [1.29, 1.82) is 0 Å². The summed E-state index contributed by atoms with van der Waals surface area (Å²) < 4.78 is 2.86. The van der Waals surface area contributed by atoms with E-state index in [1.807, 2.05) is 31.6 Å². The molecule has 84 valence electrons. The Balaban J connectivity index is 2.10. The minimum absolute atomic E-state index is 0.00278. The molecule has 0 bridgehead atoms. The minimum Gasteiger partial charge on any atom is -0.324 e. The van der Waals surface area contributed by atoms with Gasteiger partial charge in [-0.2, -0.15) is 5.10 Å². The highest BCUT2D eigenvalue weighted by Crippen LogP contribution is 2.18. The quantitative estimate of drug-likeness (QED) is 0.938. The molecule has 0 aliphatic carbocycles. The van der Waals surface area contributed by atoms with Crippen molar-refractivity contribution < 1.29 is 0 Å². The van der Waals surface area contributed by atoms with Crippen LogP contribution in [0.3, 0.4) is 0 Å². The molecule has 0 aliphatic heterocycles. The maximum Gasteiger partial charge on any atom is 0.0537 e. The first kappa shape index (κ1) is 11.4. The van der Waals surface area contributed by atoms with Crippen LogP contribution in [-0.2, 0) is 13.5 Å². The Morgan fingerprint density at radius 3 is 2.94 bits per heavy atom. The average Bonchev–Trinajstić information content (AvgIpc) is 2.65. The van der Waals surface area contributed by atoms with Crippen molar-refractivity contribution in [2.45, 2.75) is 12.5 Å². The van der Waals surface area contributed by atoms with Crippen LogP contribution in [0.5, 0.6) is 0 Å². The molecule has 2 N–H and O–H groups in total. The van der Waals surface area contributed by atoms with E-state index in [0.717, 1.165) is 16.5 Å². The molecule has 0 saturated heterocycles. The zero-order valence-corrected chi connectivity index (χ0v) is 10.7. The maximum atomic E-state index is 6.12. The highest BCUT2D eigenvalue weighted by atomic mass is 79.9. The molecule has 3 nitrogen and oxygen atoms in total. The number of aromatic nitrogens is 2. The number of hydrogen-bond donors (Lipinski definition) is 1. The number of rotatable bonds is 3. The van der Waals surface area contributed by atoms with E-state index in [9.17, 15) is 0 Å². The zero-order chi connectivity index (χ0) is 11.5. The third-order valence-electron chi connectivity index (χ3n) is 2.50. The van der Waals surface area contributed by atoms with Crippen LogP contribution in [0, 0.1) is 0 Å². The second-order valence-corrected chi connectivity index (χ2v) is 4.80. The second-order valence-electron chi connectivity index (χ2n) is 3.89. The van der Waals surface area contributed by atoms with Gasteiger partial charge in [0, 0.05) is 29.3 Å². The van der Waals surface area contributed by atoms with Gasteiger partial charge in [0.05, 0.1) is 6.20 Å². The number of nitrogens with zero attached hydrogens (tertiary/aromatic N) is 2. The molecule has 1 aromatic heterocycles. The van der Waals surface area contributed by atoms with Crippen molar-refractivity contribution in [3.8, 4) is 0 Å². The topological polar surface area (TPSA) is 43.8 Å². The van der Waals surface area contributed by atoms with Crippen LogP contribution in [-0.4, -0.2) is 9.78 Å². The summed E-state index contributed by atoms with van der Waals surface area (Å²) in [6.07, 6.45) is 4.61. The Labute approximate surface area is 103 Å². The molecule has 0 fully saturated rings. The van der Waals surface area contributed by atoms with E-state index in [1.165, 1.54) is 5.56 Å². The number of nitrogens with two attached hydrogens (primary N) is 1. The summed E-state index contributed by atoms with van der Waals surface area (Å²) in [5.74, 6) is 0. The largest absolute Gasteiger partial charge is 0.324 e. The first-order valence-electron chi connectivity index (χ1n) is 5.14. The van der Waals surface area contributed by atoms with Crippen LogP contribution in [0.2, 0.25) is 0 Å². The molecule has 2 rings (SSSR count). The summed E-state index contributed by atoms with van der Waals surface area (Å²) >= 11 is 3.46. The van der Waals surface area contributed by atoms with E-state index < -0.39 is 0 Å². The summed E-state index contributed by atoms with van der Waals surface area (Å²) in [5.41, 5.74) is 8.42. The monoisotopic (exact) mass is 279 g/mol. The number of halogens is 1. The molecule has 0 spiro atoms. The molecule has 0 saturated carbocycles. The fraction of sp³-hybridized carbons (Fsp3) is 0.250. The second kappa shape index (κ2) is 4.80. The van der Waals surface area contributed by atoms with Crippen LogP contribution in [0.1, 0.15) is 17.2 Å². The Hall–Kier alpha value is -1.13. The van der Waals surface area contributed by atoms with Gasteiger partial charge in [0.2, 0.25) is 0 Å². The first-order chi connectivity index (χ1) is 7.65. The molecule has 2 aromatic rings. The van der Waals surface area contributed by atoms with Crippen LogP contribution in [0.15, 0.2) is 41.1 Å². The van der Waals surface area contributed by atoms with E-state index in [2.05, 4.69) is 33.2 Å². The lowest BCUT2D eigenvalue weighted by molar-refractivity contribution is 0.717. The predicted molar refractivity (Wildman–Crippen MR) is 68.0 cm³/mol. The van der Waals surface area contributed by atoms with E-state index in [4.69, 9.17) is 5.73 Å².